The van der Waals surface area contributed by atoms with E-state index >= 15 is 0 Å². The van der Waals surface area contributed by atoms with Gasteiger partial charge < -0.3 is 28.4 Å². The van der Waals surface area contributed by atoms with Gasteiger partial charge in [-0.3, -0.25) is 4.79 Å². The standard InChI is InChI=1S/C40H44O10/c1-26(2)38(42)48-22-10-21-46-30-12-14-31(15-13-30)50-40(44)29-11-17-33-34-18-16-32(25-36(34)28(4)35(33)24-29)47-19-8-6-7-9-20-49-39(43)27(3)23-37(41)45-5/h11-18,24-25,28H,1,3,6-10,19-23H2,2,4-5H3. The third-order valence-electron chi connectivity index (χ3n) is 8.12. The van der Waals surface area contributed by atoms with Crippen molar-refractivity contribution in [2.24, 2.45) is 0 Å². The fraction of sp³-hybridized carbons (Fsp3) is 0.350. The second kappa shape index (κ2) is 18.4. The third-order valence-corrected chi connectivity index (χ3v) is 8.12. The summed E-state index contributed by atoms with van der Waals surface area (Å²) in [4.78, 5) is 47.6. The lowest BCUT2D eigenvalue weighted by atomic mass is 9.98. The average molecular weight is 685 g/mol. The minimum absolute atomic E-state index is 0.0726. The quantitative estimate of drug-likeness (QED) is 0.0412. The van der Waals surface area contributed by atoms with Gasteiger partial charge in [-0.2, -0.15) is 0 Å². The van der Waals surface area contributed by atoms with Crippen LogP contribution in [0.4, 0.5) is 0 Å². The maximum atomic E-state index is 13.0. The molecule has 1 aliphatic carbocycles. The van der Waals surface area contributed by atoms with E-state index in [0.29, 0.717) is 48.7 Å². The highest BCUT2D eigenvalue weighted by atomic mass is 16.5. The van der Waals surface area contributed by atoms with Crippen LogP contribution in [-0.2, 0) is 28.6 Å². The van der Waals surface area contributed by atoms with Crippen LogP contribution in [0.5, 0.6) is 17.2 Å². The van der Waals surface area contributed by atoms with Gasteiger partial charge in [0.15, 0.2) is 0 Å². The van der Waals surface area contributed by atoms with E-state index in [9.17, 15) is 19.2 Å². The third kappa shape index (κ3) is 10.6. The molecular weight excluding hydrogens is 640 g/mol. The van der Waals surface area contributed by atoms with Crippen molar-refractivity contribution in [3.05, 3.63) is 102 Å². The molecule has 1 unspecified atom stereocenters. The molecule has 4 rings (SSSR count). The summed E-state index contributed by atoms with van der Waals surface area (Å²) in [6.07, 6.45) is 3.72. The van der Waals surface area contributed by atoms with Crippen LogP contribution in [0.15, 0.2) is 85.0 Å². The van der Waals surface area contributed by atoms with E-state index < -0.39 is 23.9 Å². The van der Waals surface area contributed by atoms with Gasteiger partial charge in [0.25, 0.3) is 0 Å². The second-order valence-electron chi connectivity index (χ2n) is 12.0. The van der Waals surface area contributed by atoms with Crippen LogP contribution in [0.1, 0.15) is 79.8 Å². The fourth-order valence-electron chi connectivity index (χ4n) is 5.33. The number of esters is 4. The van der Waals surface area contributed by atoms with Crippen LogP contribution in [0.25, 0.3) is 11.1 Å². The number of carbonyl (C=O) groups excluding carboxylic acids is 4. The molecule has 0 heterocycles. The normalized spacial score (nSPS) is 12.6. The van der Waals surface area contributed by atoms with Gasteiger partial charge in [-0.05, 0) is 103 Å². The van der Waals surface area contributed by atoms with E-state index in [0.717, 1.165) is 47.3 Å². The molecule has 10 nitrogen and oxygen atoms in total. The number of unbranched alkanes of at least 4 members (excludes halogenated alkanes) is 3. The van der Waals surface area contributed by atoms with E-state index in [4.69, 9.17) is 23.7 Å². The predicted molar refractivity (Wildman–Crippen MR) is 187 cm³/mol. The lowest BCUT2D eigenvalue weighted by Crippen LogP contribution is -2.12. The lowest BCUT2D eigenvalue weighted by molar-refractivity contribution is -0.144. The van der Waals surface area contributed by atoms with Crippen molar-refractivity contribution in [3.63, 3.8) is 0 Å². The maximum Gasteiger partial charge on any atom is 0.343 e. The summed E-state index contributed by atoms with van der Waals surface area (Å²) in [6.45, 7) is 12.3. The van der Waals surface area contributed by atoms with Crippen molar-refractivity contribution in [1.29, 1.82) is 0 Å². The number of fused-ring (bicyclic) bond motifs is 3. The summed E-state index contributed by atoms with van der Waals surface area (Å²) < 4.78 is 32.1. The zero-order valence-electron chi connectivity index (χ0n) is 28.9. The van der Waals surface area contributed by atoms with Crippen molar-refractivity contribution in [2.45, 2.75) is 58.3 Å². The Morgan fingerprint density at radius 2 is 1.22 bits per heavy atom. The molecule has 3 aromatic carbocycles. The van der Waals surface area contributed by atoms with Crippen LogP contribution in [0.2, 0.25) is 0 Å². The van der Waals surface area contributed by atoms with Gasteiger partial charge in [0.05, 0.1) is 45.5 Å². The molecule has 0 N–H and O–H groups in total. The Bertz CT molecular complexity index is 1710. The Morgan fingerprint density at radius 3 is 1.92 bits per heavy atom. The molecule has 264 valence electrons. The van der Waals surface area contributed by atoms with E-state index in [1.165, 1.54) is 7.11 Å². The first-order valence-corrected chi connectivity index (χ1v) is 16.7. The SMILES string of the molecule is C=C(C)C(=O)OCCCOc1ccc(OC(=O)c2ccc3c(c2)C(C)c2cc(OCCCCCCOC(=O)C(=C)CC(=O)OC)ccc2-3)cc1. The van der Waals surface area contributed by atoms with Gasteiger partial charge in [-0.25, -0.2) is 14.4 Å². The summed E-state index contributed by atoms with van der Waals surface area (Å²) in [5, 5.41) is 0. The molecule has 50 heavy (non-hydrogen) atoms. The minimum Gasteiger partial charge on any atom is -0.494 e. The Labute approximate surface area is 293 Å². The Kier molecular flexibility index (Phi) is 13.8. The van der Waals surface area contributed by atoms with Crippen molar-refractivity contribution in [1.82, 2.24) is 0 Å². The first-order valence-electron chi connectivity index (χ1n) is 16.7. The number of carbonyl (C=O) groups is 4. The van der Waals surface area contributed by atoms with Crippen molar-refractivity contribution < 1.29 is 47.6 Å². The van der Waals surface area contributed by atoms with Crippen molar-refractivity contribution in [2.75, 3.05) is 33.5 Å². The molecule has 0 amide bonds. The number of hydrogen-bond donors (Lipinski definition) is 0. The zero-order chi connectivity index (χ0) is 36.0. The van der Waals surface area contributed by atoms with Gasteiger partial charge in [0.2, 0.25) is 0 Å². The molecule has 0 spiro atoms. The zero-order valence-corrected chi connectivity index (χ0v) is 28.9. The van der Waals surface area contributed by atoms with Gasteiger partial charge >= 0.3 is 23.9 Å². The summed E-state index contributed by atoms with van der Waals surface area (Å²) >= 11 is 0. The Balaban J connectivity index is 1.19. The van der Waals surface area contributed by atoms with E-state index in [1.54, 1.807) is 37.3 Å². The topological polar surface area (TPSA) is 124 Å². The predicted octanol–water partition coefficient (Wildman–Crippen LogP) is 7.53. The highest BCUT2D eigenvalue weighted by Gasteiger charge is 2.27. The highest BCUT2D eigenvalue weighted by molar-refractivity contribution is 5.94. The fourth-order valence-corrected chi connectivity index (χ4v) is 5.33. The highest BCUT2D eigenvalue weighted by Crippen LogP contribution is 2.46. The molecule has 1 aliphatic rings. The molecule has 0 saturated carbocycles. The van der Waals surface area contributed by atoms with Gasteiger partial charge in [-0.1, -0.05) is 32.2 Å². The van der Waals surface area contributed by atoms with E-state index in [1.807, 2.05) is 18.2 Å². The number of methoxy groups -OCH3 is 1. The van der Waals surface area contributed by atoms with Gasteiger partial charge in [0, 0.05) is 23.5 Å². The molecular formula is C40H44O10. The van der Waals surface area contributed by atoms with E-state index in [-0.39, 0.29) is 31.1 Å². The summed E-state index contributed by atoms with van der Waals surface area (Å²) in [7, 11) is 1.26. The van der Waals surface area contributed by atoms with Crippen molar-refractivity contribution in [3.8, 4) is 28.4 Å². The Morgan fingerprint density at radius 1 is 0.660 bits per heavy atom. The van der Waals surface area contributed by atoms with Crippen LogP contribution < -0.4 is 14.2 Å². The first-order chi connectivity index (χ1) is 24.1. The van der Waals surface area contributed by atoms with Crippen LogP contribution >= 0.6 is 0 Å². The second-order valence-corrected chi connectivity index (χ2v) is 12.0. The lowest BCUT2D eigenvalue weighted by Gasteiger charge is -2.11. The van der Waals surface area contributed by atoms with Crippen molar-refractivity contribution >= 4 is 23.9 Å². The van der Waals surface area contributed by atoms with E-state index in [2.05, 4.69) is 37.0 Å². The smallest absolute Gasteiger partial charge is 0.343 e. The number of benzene rings is 3. The summed E-state index contributed by atoms with van der Waals surface area (Å²) in [6, 6.07) is 18.5. The summed E-state index contributed by atoms with van der Waals surface area (Å²) in [5.74, 6) is -0.0919. The molecule has 10 heteroatoms. The minimum atomic E-state index is -0.577. The molecule has 3 aromatic rings. The monoisotopic (exact) mass is 684 g/mol. The Hall–Kier alpha value is -5.38. The molecule has 0 fully saturated rings. The van der Waals surface area contributed by atoms with Crippen LogP contribution in [-0.4, -0.2) is 57.4 Å². The molecule has 0 radical (unpaired) electrons. The molecule has 0 bridgehead atoms. The molecule has 1 atom stereocenters. The maximum absolute atomic E-state index is 13.0. The number of ether oxygens (including phenoxy) is 6. The average Bonchev–Trinajstić information content (AvgIpc) is 3.39. The van der Waals surface area contributed by atoms with Crippen LogP contribution in [0.3, 0.4) is 0 Å². The van der Waals surface area contributed by atoms with Gasteiger partial charge in [0.1, 0.15) is 17.2 Å². The van der Waals surface area contributed by atoms with Crippen LogP contribution in [0, 0.1) is 0 Å². The number of hydrogen-bond acceptors (Lipinski definition) is 10. The summed E-state index contributed by atoms with van der Waals surface area (Å²) in [5.41, 5.74) is 5.30. The molecule has 0 aliphatic heterocycles. The molecule has 0 saturated heterocycles. The molecule has 0 aromatic heterocycles. The first kappa shape index (κ1) is 37.4. The number of rotatable bonds is 19. The van der Waals surface area contributed by atoms with Gasteiger partial charge in [-0.15, -0.1) is 0 Å². The largest absolute Gasteiger partial charge is 0.494 e.